The first kappa shape index (κ1) is 15.7. The van der Waals surface area contributed by atoms with Gasteiger partial charge in [0.1, 0.15) is 0 Å². The lowest BCUT2D eigenvalue weighted by molar-refractivity contribution is 0.822. The van der Waals surface area contributed by atoms with Gasteiger partial charge in [0, 0.05) is 24.0 Å². The average molecular weight is 349 g/mol. The minimum absolute atomic E-state index is 0.701. The molecule has 0 saturated heterocycles. The highest BCUT2D eigenvalue weighted by atomic mass is 35.5. The van der Waals surface area contributed by atoms with Crippen LogP contribution in [0.1, 0.15) is 11.1 Å². The van der Waals surface area contributed by atoms with Gasteiger partial charge in [-0.15, -0.1) is 0 Å². The molecular weight excluding hydrogens is 332 g/mol. The number of pyridine rings is 1. The second-order valence-corrected chi connectivity index (χ2v) is 6.28. The summed E-state index contributed by atoms with van der Waals surface area (Å²) in [4.78, 5) is 8.81. The van der Waals surface area contributed by atoms with Crippen molar-refractivity contribution < 1.29 is 0 Å². The molecule has 0 bridgehead atoms. The number of fused-ring (bicyclic) bond motifs is 1. The van der Waals surface area contributed by atoms with Gasteiger partial charge in [-0.2, -0.15) is 0 Å². The summed E-state index contributed by atoms with van der Waals surface area (Å²) >= 11 is 6.00. The molecule has 0 aliphatic rings. The normalized spacial score (nSPS) is 10.9. The minimum atomic E-state index is 0.701. The molecule has 0 radical (unpaired) electrons. The number of hydrogen-bond donors (Lipinski definition) is 1. The SMILES string of the molecule is Clc1ccc(Cn2c(NCc3ccncc3)nc3ccccc32)cc1. The number of hydrogen-bond acceptors (Lipinski definition) is 3. The molecular formula is C20H17ClN4. The van der Waals surface area contributed by atoms with Crippen molar-refractivity contribution in [3.8, 4) is 0 Å². The van der Waals surface area contributed by atoms with E-state index < -0.39 is 0 Å². The molecule has 4 nitrogen and oxygen atoms in total. The molecule has 4 aromatic rings. The second kappa shape index (κ2) is 6.95. The Labute approximate surface area is 151 Å². The Morgan fingerprint density at radius 1 is 0.880 bits per heavy atom. The number of nitrogens with one attached hydrogen (secondary N) is 1. The average Bonchev–Trinajstić information content (AvgIpc) is 3.00. The first-order valence-corrected chi connectivity index (χ1v) is 8.50. The predicted octanol–water partition coefficient (Wildman–Crippen LogP) is 4.75. The van der Waals surface area contributed by atoms with Crippen molar-refractivity contribution in [1.29, 1.82) is 0 Å². The summed E-state index contributed by atoms with van der Waals surface area (Å²) in [6, 6.07) is 20.1. The number of para-hydroxylation sites is 2. The van der Waals surface area contributed by atoms with E-state index in [1.54, 1.807) is 12.4 Å². The third-order valence-electron chi connectivity index (χ3n) is 4.11. The fraction of sp³-hybridized carbons (Fsp3) is 0.100. The first-order chi connectivity index (χ1) is 12.3. The van der Waals surface area contributed by atoms with E-state index in [-0.39, 0.29) is 0 Å². The molecule has 0 aliphatic heterocycles. The molecule has 25 heavy (non-hydrogen) atoms. The number of anilines is 1. The lowest BCUT2D eigenvalue weighted by atomic mass is 10.2. The van der Waals surface area contributed by atoms with Gasteiger partial charge in [0.25, 0.3) is 0 Å². The standard InChI is InChI=1S/C20H17ClN4/c21-17-7-5-16(6-8-17)14-25-19-4-2-1-3-18(19)24-20(25)23-13-15-9-11-22-12-10-15/h1-12H,13-14H2,(H,23,24). The summed E-state index contributed by atoms with van der Waals surface area (Å²) in [6.45, 7) is 1.43. The molecule has 124 valence electrons. The Bertz CT molecular complexity index is 978. The smallest absolute Gasteiger partial charge is 0.204 e. The molecule has 1 N–H and O–H groups in total. The van der Waals surface area contributed by atoms with Crippen molar-refractivity contribution in [2.45, 2.75) is 13.1 Å². The minimum Gasteiger partial charge on any atom is -0.352 e. The maximum Gasteiger partial charge on any atom is 0.204 e. The van der Waals surface area contributed by atoms with Crippen molar-refractivity contribution >= 4 is 28.6 Å². The monoisotopic (exact) mass is 348 g/mol. The van der Waals surface area contributed by atoms with Gasteiger partial charge in [-0.3, -0.25) is 4.98 Å². The maximum absolute atomic E-state index is 6.00. The van der Waals surface area contributed by atoms with E-state index in [1.165, 1.54) is 11.1 Å². The number of halogens is 1. The van der Waals surface area contributed by atoms with Gasteiger partial charge in [-0.25, -0.2) is 4.98 Å². The molecule has 0 amide bonds. The Hall–Kier alpha value is -2.85. The summed E-state index contributed by atoms with van der Waals surface area (Å²) in [5.41, 5.74) is 4.43. The van der Waals surface area contributed by atoms with Crippen LogP contribution in [-0.2, 0) is 13.1 Å². The molecule has 4 rings (SSSR count). The van der Waals surface area contributed by atoms with Crippen molar-refractivity contribution in [2.75, 3.05) is 5.32 Å². The zero-order valence-corrected chi connectivity index (χ0v) is 14.3. The Balaban J connectivity index is 1.66. The number of nitrogens with zero attached hydrogens (tertiary/aromatic N) is 3. The van der Waals surface area contributed by atoms with Crippen molar-refractivity contribution in [1.82, 2.24) is 14.5 Å². The van der Waals surface area contributed by atoms with Crippen LogP contribution in [0.3, 0.4) is 0 Å². The van der Waals surface area contributed by atoms with E-state index in [0.717, 1.165) is 28.5 Å². The molecule has 2 aromatic carbocycles. The molecule has 0 spiro atoms. The molecule has 5 heteroatoms. The molecule has 0 aliphatic carbocycles. The number of aromatic nitrogens is 3. The quantitative estimate of drug-likeness (QED) is 0.566. The lowest BCUT2D eigenvalue weighted by Gasteiger charge is -2.11. The van der Waals surface area contributed by atoms with Crippen molar-refractivity contribution in [3.63, 3.8) is 0 Å². The summed E-state index contributed by atoms with van der Waals surface area (Å²) in [5, 5.41) is 4.19. The van der Waals surface area contributed by atoms with E-state index in [9.17, 15) is 0 Å². The third-order valence-corrected chi connectivity index (χ3v) is 4.36. The molecule has 0 unspecified atom stereocenters. The molecule has 2 heterocycles. The van der Waals surface area contributed by atoms with E-state index >= 15 is 0 Å². The van der Waals surface area contributed by atoms with E-state index in [4.69, 9.17) is 16.6 Å². The van der Waals surface area contributed by atoms with Gasteiger partial charge >= 0.3 is 0 Å². The molecule has 0 fully saturated rings. The van der Waals surface area contributed by atoms with Crippen LogP contribution >= 0.6 is 11.6 Å². The van der Waals surface area contributed by atoms with E-state index in [2.05, 4.69) is 20.9 Å². The van der Waals surface area contributed by atoms with E-state index in [1.807, 2.05) is 54.6 Å². The zero-order chi connectivity index (χ0) is 17.1. The van der Waals surface area contributed by atoms with Gasteiger partial charge in [-0.05, 0) is 47.5 Å². The zero-order valence-electron chi connectivity index (χ0n) is 13.6. The van der Waals surface area contributed by atoms with Gasteiger partial charge in [0.2, 0.25) is 5.95 Å². The van der Waals surface area contributed by atoms with Crippen LogP contribution in [-0.4, -0.2) is 14.5 Å². The summed E-state index contributed by atoms with van der Waals surface area (Å²) in [5.74, 6) is 0.855. The van der Waals surface area contributed by atoms with Gasteiger partial charge in [-0.1, -0.05) is 35.9 Å². The highest BCUT2D eigenvalue weighted by molar-refractivity contribution is 6.30. The van der Waals surface area contributed by atoms with Crippen molar-refractivity contribution in [2.24, 2.45) is 0 Å². The number of rotatable bonds is 5. The van der Waals surface area contributed by atoms with Crippen LogP contribution in [0.15, 0.2) is 73.1 Å². The Kier molecular flexibility index (Phi) is 4.36. The fourth-order valence-electron chi connectivity index (χ4n) is 2.82. The topological polar surface area (TPSA) is 42.7 Å². The predicted molar refractivity (Wildman–Crippen MR) is 102 cm³/mol. The maximum atomic E-state index is 6.00. The van der Waals surface area contributed by atoms with Crippen LogP contribution in [0.5, 0.6) is 0 Å². The van der Waals surface area contributed by atoms with Gasteiger partial charge in [0.05, 0.1) is 17.6 Å². The Morgan fingerprint density at radius 3 is 2.44 bits per heavy atom. The third kappa shape index (κ3) is 3.49. The van der Waals surface area contributed by atoms with Gasteiger partial charge < -0.3 is 9.88 Å². The Morgan fingerprint density at radius 2 is 1.64 bits per heavy atom. The largest absolute Gasteiger partial charge is 0.352 e. The summed E-state index contributed by atoms with van der Waals surface area (Å²) < 4.78 is 2.19. The van der Waals surface area contributed by atoms with Gasteiger partial charge in [0.15, 0.2) is 0 Å². The van der Waals surface area contributed by atoms with E-state index in [0.29, 0.717) is 6.54 Å². The van der Waals surface area contributed by atoms with Crippen LogP contribution in [0, 0.1) is 0 Å². The summed E-state index contributed by atoms with van der Waals surface area (Å²) in [7, 11) is 0. The lowest BCUT2D eigenvalue weighted by Crippen LogP contribution is -2.08. The van der Waals surface area contributed by atoms with Crippen LogP contribution < -0.4 is 5.32 Å². The first-order valence-electron chi connectivity index (χ1n) is 8.12. The fourth-order valence-corrected chi connectivity index (χ4v) is 2.95. The molecule has 2 aromatic heterocycles. The number of imidazole rings is 1. The van der Waals surface area contributed by atoms with Crippen LogP contribution in [0.4, 0.5) is 5.95 Å². The van der Waals surface area contributed by atoms with Crippen LogP contribution in [0.2, 0.25) is 5.02 Å². The molecule has 0 saturated carbocycles. The summed E-state index contributed by atoms with van der Waals surface area (Å²) in [6.07, 6.45) is 3.60. The van der Waals surface area contributed by atoms with Crippen molar-refractivity contribution in [3.05, 3.63) is 89.2 Å². The molecule has 0 atom stereocenters. The second-order valence-electron chi connectivity index (χ2n) is 5.85. The van der Waals surface area contributed by atoms with Crippen LogP contribution in [0.25, 0.3) is 11.0 Å². The highest BCUT2D eigenvalue weighted by Gasteiger charge is 2.10. The number of benzene rings is 2. The highest BCUT2D eigenvalue weighted by Crippen LogP contribution is 2.22.